The van der Waals surface area contributed by atoms with Gasteiger partial charge >= 0.3 is 12.1 Å². The number of nitrogens with zero attached hydrogens (tertiary/aromatic N) is 2. The average Bonchev–Trinajstić information content (AvgIpc) is 2.92. The first-order valence-corrected chi connectivity index (χ1v) is 13.7. The SMILES string of the molecule is CCOC(=O)c1ccc(S(=O)(=O)N(Cc2ccc(C(C)(O)C(F)(F)F)cc2)c2ncc3ccccc3c2C)cc1. The normalized spacial score (nSPS) is 13.6. The average molecular weight is 573 g/mol. The molecule has 1 unspecified atom stereocenters. The molecule has 1 atom stereocenters. The molecule has 0 amide bonds. The number of pyridine rings is 1. The summed E-state index contributed by atoms with van der Waals surface area (Å²) < 4.78 is 73.9. The van der Waals surface area contributed by atoms with E-state index in [-0.39, 0.29) is 35.0 Å². The number of fused-ring (bicyclic) bond motifs is 1. The molecule has 11 heteroatoms. The smallest absolute Gasteiger partial charge is 0.421 e. The number of benzene rings is 3. The zero-order chi connectivity index (χ0) is 29.3. The second-order valence-corrected chi connectivity index (χ2v) is 11.2. The zero-order valence-electron chi connectivity index (χ0n) is 21.9. The van der Waals surface area contributed by atoms with Gasteiger partial charge < -0.3 is 9.84 Å². The summed E-state index contributed by atoms with van der Waals surface area (Å²) >= 11 is 0. The number of alkyl halides is 3. The molecule has 1 heterocycles. The summed E-state index contributed by atoms with van der Waals surface area (Å²) in [7, 11) is -4.27. The van der Waals surface area contributed by atoms with Crippen molar-refractivity contribution in [2.75, 3.05) is 10.9 Å². The van der Waals surface area contributed by atoms with Crippen LogP contribution in [0.4, 0.5) is 19.0 Å². The maximum Gasteiger partial charge on any atom is 0.421 e. The lowest BCUT2D eigenvalue weighted by molar-refractivity contribution is -0.258. The van der Waals surface area contributed by atoms with Gasteiger partial charge in [0.2, 0.25) is 0 Å². The van der Waals surface area contributed by atoms with Gasteiger partial charge in [0, 0.05) is 17.1 Å². The number of aromatic nitrogens is 1. The summed E-state index contributed by atoms with van der Waals surface area (Å²) in [5.41, 5.74) is -2.33. The van der Waals surface area contributed by atoms with Crippen molar-refractivity contribution in [1.29, 1.82) is 0 Å². The van der Waals surface area contributed by atoms with E-state index in [0.29, 0.717) is 18.1 Å². The maximum atomic E-state index is 14.0. The number of carbonyl (C=O) groups excluding carboxylic acids is 1. The molecule has 0 saturated carbocycles. The highest BCUT2D eigenvalue weighted by atomic mass is 32.2. The van der Waals surface area contributed by atoms with E-state index in [4.69, 9.17) is 4.74 Å². The van der Waals surface area contributed by atoms with Gasteiger partial charge in [-0.15, -0.1) is 0 Å². The minimum atomic E-state index is -4.90. The van der Waals surface area contributed by atoms with Gasteiger partial charge in [-0.1, -0.05) is 48.5 Å². The van der Waals surface area contributed by atoms with Crippen molar-refractivity contribution in [3.05, 3.63) is 101 Å². The molecule has 210 valence electrons. The summed E-state index contributed by atoms with van der Waals surface area (Å²) in [5, 5.41) is 11.6. The van der Waals surface area contributed by atoms with Crippen molar-refractivity contribution in [2.24, 2.45) is 0 Å². The topological polar surface area (TPSA) is 96.8 Å². The van der Waals surface area contributed by atoms with Crippen LogP contribution in [0.2, 0.25) is 0 Å². The lowest BCUT2D eigenvalue weighted by Crippen LogP contribution is -2.39. The third-order valence-corrected chi connectivity index (χ3v) is 8.36. The van der Waals surface area contributed by atoms with Gasteiger partial charge in [0.25, 0.3) is 10.0 Å². The Hall–Kier alpha value is -3.96. The molecule has 0 saturated heterocycles. The standard InChI is InChI=1S/C29H27F3N2O5S/c1-4-39-27(35)21-11-15-24(16-12-21)40(37,38)34(26-19(2)25-8-6-5-7-22(25)17-33-26)18-20-9-13-23(14-10-20)28(3,36)29(30,31)32/h5-17,36H,4,18H2,1-3H3. The number of ether oxygens (including phenoxy) is 1. The summed E-state index contributed by atoms with van der Waals surface area (Å²) in [5.74, 6) is -0.454. The molecule has 3 aromatic carbocycles. The second-order valence-electron chi connectivity index (χ2n) is 9.32. The van der Waals surface area contributed by atoms with Crippen molar-refractivity contribution >= 4 is 32.6 Å². The molecule has 0 fully saturated rings. The molecule has 0 aliphatic carbocycles. The Balaban J connectivity index is 1.79. The van der Waals surface area contributed by atoms with Gasteiger partial charge in [0.15, 0.2) is 5.60 Å². The van der Waals surface area contributed by atoms with Crippen molar-refractivity contribution in [1.82, 2.24) is 4.98 Å². The van der Waals surface area contributed by atoms with Crippen LogP contribution in [0.1, 0.15) is 40.9 Å². The zero-order valence-corrected chi connectivity index (χ0v) is 22.8. The van der Waals surface area contributed by atoms with E-state index >= 15 is 0 Å². The van der Waals surface area contributed by atoms with Gasteiger partial charge in [-0.2, -0.15) is 13.2 Å². The van der Waals surface area contributed by atoms with Crippen LogP contribution in [-0.2, 0) is 26.9 Å². The molecule has 0 aliphatic rings. The van der Waals surface area contributed by atoms with Crippen LogP contribution in [0.5, 0.6) is 0 Å². The van der Waals surface area contributed by atoms with Crippen molar-refractivity contribution in [2.45, 2.75) is 44.0 Å². The first kappa shape index (κ1) is 29.0. The Labute approximate surface area is 229 Å². The monoisotopic (exact) mass is 572 g/mol. The third-order valence-electron chi connectivity index (χ3n) is 6.61. The van der Waals surface area contributed by atoms with Crippen molar-refractivity contribution in [3.63, 3.8) is 0 Å². The molecular weight excluding hydrogens is 545 g/mol. The predicted molar refractivity (Wildman–Crippen MR) is 144 cm³/mol. The van der Waals surface area contributed by atoms with Crippen LogP contribution in [0.15, 0.2) is 83.9 Å². The summed E-state index contributed by atoms with van der Waals surface area (Å²) in [6.45, 7) is 3.95. The third kappa shape index (κ3) is 5.52. The fraction of sp³-hybridized carbons (Fsp3) is 0.241. The van der Waals surface area contributed by atoms with Gasteiger partial charge in [-0.05, 0) is 61.5 Å². The fourth-order valence-corrected chi connectivity index (χ4v) is 5.66. The van der Waals surface area contributed by atoms with Crippen molar-refractivity contribution < 1.29 is 36.2 Å². The molecule has 4 aromatic rings. The van der Waals surface area contributed by atoms with E-state index in [1.165, 1.54) is 36.4 Å². The van der Waals surface area contributed by atoms with E-state index in [9.17, 15) is 31.5 Å². The molecular formula is C29H27F3N2O5S. The largest absolute Gasteiger partial charge is 0.462 e. The molecule has 7 nitrogen and oxygen atoms in total. The van der Waals surface area contributed by atoms with E-state index in [0.717, 1.165) is 27.2 Å². The highest BCUT2D eigenvalue weighted by molar-refractivity contribution is 7.92. The van der Waals surface area contributed by atoms with E-state index in [1.807, 2.05) is 24.3 Å². The molecule has 1 aromatic heterocycles. The molecule has 0 radical (unpaired) electrons. The molecule has 0 spiro atoms. The first-order valence-electron chi connectivity index (χ1n) is 12.3. The Bertz CT molecular complexity index is 1640. The van der Waals surface area contributed by atoms with Crippen LogP contribution in [-0.4, -0.2) is 37.3 Å². The van der Waals surface area contributed by atoms with Crippen LogP contribution in [0.25, 0.3) is 10.8 Å². The van der Waals surface area contributed by atoms with Crippen molar-refractivity contribution in [3.8, 4) is 0 Å². The number of rotatable bonds is 8. The second kappa shape index (κ2) is 10.9. The van der Waals surface area contributed by atoms with Crippen LogP contribution in [0, 0.1) is 6.92 Å². The number of halogens is 3. The highest BCUT2D eigenvalue weighted by Crippen LogP contribution is 2.39. The highest BCUT2D eigenvalue weighted by Gasteiger charge is 2.51. The summed E-state index contributed by atoms with van der Waals surface area (Å²) in [6.07, 6.45) is -3.35. The summed E-state index contributed by atoms with van der Waals surface area (Å²) in [4.78, 5) is 16.4. The maximum absolute atomic E-state index is 14.0. The van der Waals surface area contributed by atoms with E-state index < -0.39 is 27.8 Å². The number of aliphatic hydroxyl groups is 1. The number of hydrogen-bond acceptors (Lipinski definition) is 6. The quantitative estimate of drug-likeness (QED) is 0.265. The Morgan fingerprint density at radius 3 is 2.23 bits per heavy atom. The Kier molecular flexibility index (Phi) is 7.91. The predicted octanol–water partition coefficient (Wildman–Crippen LogP) is 5.89. The molecule has 1 N–H and O–H groups in total. The Morgan fingerprint density at radius 1 is 1.00 bits per heavy atom. The van der Waals surface area contributed by atoms with Crippen LogP contribution < -0.4 is 4.31 Å². The number of sulfonamides is 1. The number of anilines is 1. The summed E-state index contributed by atoms with van der Waals surface area (Å²) in [6, 6.07) is 17.5. The minimum Gasteiger partial charge on any atom is -0.462 e. The van der Waals surface area contributed by atoms with Crippen LogP contribution >= 0.6 is 0 Å². The fourth-order valence-electron chi connectivity index (χ4n) is 4.19. The van der Waals surface area contributed by atoms with E-state index in [1.54, 1.807) is 20.0 Å². The van der Waals surface area contributed by atoms with Gasteiger partial charge in [-0.3, -0.25) is 0 Å². The number of carbonyl (C=O) groups is 1. The van der Waals surface area contributed by atoms with E-state index in [2.05, 4.69) is 4.98 Å². The van der Waals surface area contributed by atoms with Gasteiger partial charge in [0.05, 0.1) is 23.6 Å². The number of aryl methyl sites for hydroxylation is 1. The lowest BCUT2D eigenvalue weighted by Gasteiger charge is -2.28. The van der Waals surface area contributed by atoms with Crippen LogP contribution in [0.3, 0.4) is 0 Å². The molecule has 40 heavy (non-hydrogen) atoms. The first-order chi connectivity index (χ1) is 18.8. The molecule has 0 bridgehead atoms. The lowest BCUT2D eigenvalue weighted by atomic mass is 9.94. The molecule has 0 aliphatic heterocycles. The Morgan fingerprint density at radius 2 is 1.62 bits per heavy atom. The van der Waals surface area contributed by atoms with Gasteiger partial charge in [0.1, 0.15) is 5.82 Å². The number of hydrogen-bond donors (Lipinski definition) is 1. The minimum absolute atomic E-state index is 0.119. The molecule has 4 rings (SSSR count). The van der Waals surface area contributed by atoms with Gasteiger partial charge in [-0.25, -0.2) is 22.5 Å². The number of esters is 1.